The molecule has 0 fully saturated rings. The normalized spacial score (nSPS) is 22.7. The van der Waals surface area contributed by atoms with Crippen molar-refractivity contribution >= 4 is 21.8 Å². The van der Waals surface area contributed by atoms with Gasteiger partial charge in [0.25, 0.3) is 0 Å². The zero-order valence-corrected chi connectivity index (χ0v) is 13.3. The van der Waals surface area contributed by atoms with Crippen LogP contribution in [0.1, 0.15) is 25.8 Å². The largest absolute Gasteiger partial charge is 0.345 e. The van der Waals surface area contributed by atoms with Crippen LogP contribution in [-0.2, 0) is 14.2 Å². The fraction of sp³-hybridized carbons (Fsp3) is 0.429. The minimum absolute atomic E-state index is 0.503. The molecule has 4 nitrogen and oxygen atoms in total. The maximum atomic E-state index is 12.3. The Kier molecular flexibility index (Phi) is 4.46. The van der Waals surface area contributed by atoms with E-state index >= 15 is 0 Å². The topological polar surface area (TPSA) is 63.4 Å². The highest BCUT2D eigenvalue weighted by molar-refractivity contribution is 8.15. The molecule has 0 spiro atoms. The summed E-state index contributed by atoms with van der Waals surface area (Å²) in [6.45, 7) is 4.90. The van der Waals surface area contributed by atoms with Gasteiger partial charge in [0.2, 0.25) is 14.2 Å². The van der Waals surface area contributed by atoms with Crippen LogP contribution < -0.4 is 5.14 Å². The third-order valence-corrected chi connectivity index (χ3v) is 6.59. The summed E-state index contributed by atoms with van der Waals surface area (Å²) in [5.41, 5.74) is 0.696. The van der Waals surface area contributed by atoms with Crippen molar-refractivity contribution in [2.45, 2.75) is 24.5 Å². The first-order valence-corrected chi connectivity index (χ1v) is 8.99. The van der Waals surface area contributed by atoms with Gasteiger partial charge in [0.05, 0.1) is 0 Å². The molecule has 1 aromatic rings. The van der Waals surface area contributed by atoms with Crippen molar-refractivity contribution < 1.29 is 8.42 Å². The molecule has 110 valence electrons. The number of hydrogen-bond acceptors (Lipinski definition) is 4. The molecule has 2 N–H and O–H groups in total. The second-order valence-electron chi connectivity index (χ2n) is 5.27. The van der Waals surface area contributed by atoms with Crippen LogP contribution in [0.5, 0.6) is 0 Å². The van der Waals surface area contributed by atoms with Gasteiger partial charge in [-0.3, -0.25) is 0 Å². The van der Waals surface area contributed by atoms with Crippen LogP contribution in [0, 0.1) is 5.92 Å². The van der Waals surface area contributed by atoms with Crippen LogP contribution >= 0.6 is 11.8 Å². The monoisotopic (exact) mass is 312 g/mol. The zero-order chi connectivity index (χ0) is 14.8. The summed E-state index contributed by atoms with van der Waals surface area (Å²) in [5.74, 6) is 0.503. The van der Waals surface area contributed by atoms with Crippen LogP contribution in [0.3, 0.4) is 0 Å². The summed E-state index contributed by atoms with van der Waals surface area (Å²) < 4.78 is 23.3. The Morgan fingerprint density at radius 3 is 2.50 bits per heavy atom. The van der Waals surface area contributed by atoms with Gasteiger partial charge in [0, 0.05) is 18.3 Å². The first kappa shape index (κ1) is 15.4. The fourth-order valence-corrected chi connectivity index (χ4v) is 4.86. The molecule has 0 saturated heterocycles. The van der Waals surface area contributed by atoms with Crippen LogP contribution in [0.2, 0.25) is 0 Å². The van der Waals surface area contributed by atoms with Crippen molar-refractivity contribution in [2.24, 2.45) is 11.1 Å². The standard InChI is InChI=1S/C14H20N2O2S2/c1-12(2)8-9-16-10-11-19-14(16,20(15,17)18)13-6-4-3-5-7-13/h3-7,10-12H,8-9H2,1-2H3,(H2,15,17,18). The molecule has 0 amide bonds. The van der Waals surface area contributed by atoms with E-state index in [2.05, 4.69) is 13.8 Å². The number of rotatable bonds is 5. The number of nitrogens with two attached hydrogens (primary N) is 1. The Balaban J connectivity index is 2.44. The van der Waals surface area contributed by atoms with E-state index in [-0.39, 0.29) is 0 Å². The molecule has 1 aromatic carbocycles. The van der Waals surface area contributed by atoms with Gasteiger partial charge in [-0.05, 0) is 17.7 Å². The fourth-order valence-electron chi connectivity index (χ4n) is 2.26. The van der Waals surface area contributed by atoms with Crippen molar-refractivity contribution in [1.82, 2.24) is 4.90 Å². The lowest BCUT2D eigenvalue weighted by molar-refractivity contribution is 0.301. The predicted octanol–water partition coefficient (Wildman–Crippen LogP) is 2.65. The SMILES string of the molecule is CC(C)CCN1C=CSC1(c1ccccc1)S(N)(=O)=O. The second-order valence-corrected chi connectivity index (χ2v) is 8.31. The molecule has 1 atom stereocenters. The Morgan fingerprint density at radius 1 is 1.30 bits per heavy atom. The van der Waals surface area contributed by atoms with Crippen LogP contribution in [0.25, 0.3) is 0 Å². The molecule has 0 aromatic heterocycles. The predicted molar refractivity (Wildman–Crippen MR) is 84.1 cm³/mol. The lowest BCUT2D eigenvalue weighted by atomic mass is 10.1. The summed E-state index contributed by atoms with van der Waals surface area (Å²) in [6.07, 6.45) is 2.74. The van der Waals surface area contributed by atoms with E-state index in [0.717, 1.165) is 6.42 Å². The minimum atomic E-state index is -3.79. The summed E-state index contributed by atoms with van der Waals surface area (Å²) in [7, 11) is -3.79. The number of sulfonamides is 1. The first-order valence-electron chi connectivity index (χ1n) is 6.57. The van der Waals surface area contributed by atoms with Crippen molar-refractivity contribution in [1.29, 1.82) is 0 Å². The average Bonchev–Trinajstić information content (AvgIpc) is 2.81. The second kappa shape index (κ2) is 5.79. The van der Waals surface area contributed by atoms with Gasteiger partial charge < -0.3 is 4.90 Å². The molecule has 0 saturated carbocycles. The lowest BCUT2D eigenvalue weighted by Gasteiger charge is -2.37. The van der Waals surface area contributed by atoms with E-state index in [9.17, 15) is 8.42 Å². The first-order chi connectivity index (χ1) is 9.38. The molecule has 1 heterocycles. The highest BCUT2D eigenvalue weighted by Gasteiger charge is 2.50. The molecular weight excluding hydrogens is 292 g/mol. The number of thioether (sulfide) groups is 1. The smallest absolute Gasteiger partial charge is 0.248 e. The molecule has 1 unspecified atom stereocenters. The van der Waals surface area contributed by atoms with Gasteiger partial charge in [0.15, 0.2) is 0 Å². The molecular formula is C14H20N2O2S2. The number of nitrogens with zero attached hydrogens (tertiary/aromatic N) is 1. The van der Waals surface area contributed by atoms with Gasteiger partial charge in [-0.2, -0.15) is 0 Å². The van der Waals surface area contributed by atoms with Crippen LogP contribution in [0.4, 0.5) is 0 Å². The summed E-state index contributed by atoms with van der Waals surface area (Å²) in [4.78, 5) is 1.84. The van der Waals surface area contributed by atoms with Crippen LogP contribution in [-0.4, -0.2) is 19.9 Å². The zero-order valence-electron chi connectivity index (χ0n) is 11.7. The Hall–Kier alpha value is -0.980. The molecule has 20 heavy (non-hydrogen) atoms. The van der Waals surface area contributed by atoms with Gasteiger partial charge in [-0.25, -0.2) is 13.6 Å². The van der Waals surface area contributed by atoms with Crippen LogP contribution in [0.15, 0.2) is 41.9 Å². The van der Waals surface area contributed by atoms with Crippen molar-refractivity contribution in [3.63, 3.8) is 0 Å². The molecule has 1 aliphatic heterocycles. The van der Waals surface area contributed by atoms with Crippen molar-refractivity contribution in [2.75, 3.05) is 6.54 Å². The van der Waals surface area contributed by atoms with E-state index < -0.39 is 14.2 Å². The van der Waals surface area contributed by atoms with Crippen molar-refractivity contribution in [3.05, 3.63) is 47.5 Å². The number of hydrogen-bond donors (Lipinski definition) is 1. The Bertz CT molecular complexity index is 584. The molecule has 0 radical (unpaired) electrons. The minimum Gasteiger partial charge on any atom is -0.345 e. The van der Waals surface area contributed by atoms with E-state index in [1.165, 1.54) is 11.8 Å². The summed E-state index contributed by atoms with van der Waals surface area (Å²) >= 11 is 1.24. The molecule has 6 heteroatoms. The van der Waals surface area contributed by atoms with E-state index in [1.807, 2.05) is 41.4 Å². The maximum absolute atomic E-state index is 12.3. The number of benzene rings is 1. The summed E-state index contributed by atoms with van der Waals surface area (Å²) in [6, 6.07) is 9.16. The molecule has 1 aliphatic rings. The molecule has 2 rings (SSSR count). The lowest BCUT2D eigenvalue weighted by Crippen LogP contribution is -2.48. The maximum Gasteiger partial charge on any atom is 0.248 e. The molecule has 0 aliphatic carbocycles. The van der Waals surface area contributed by atoms with E-state index in [4.69, 9.17) is 5.14 Å². The van der Waals surface area contributed by atoms with Gasteiger partial charge >= 0.3 is 0 Å². The van der Waals surface area contributed by atoms with E-state index in [0.29, 0.717) is 18.0 Å². The average molecular weight is 312 g/mol. The third-order valence-electron chi connectivity index (χ3n) is 3.32. The highest BCUT2D eigenvalue weighted by Crippen LogP contribution is 2.48. The quantitative estimate of drug-likeness (QED) is 0.908. The third kappa shape index (κ3) is 2.73. The van der Waals surface area contributed by atoms with Gasteiger partial charge in [-0.1, -0.05) is 55.9 Å². The Labute approximate surface area is 125 Å². The van der Waals surface area contributed by atoms with Gasteiger partial charge in [0.1, 0.15) is 0 Å². The highest BCUT2D eigenvalue weighted by atomic mass is 32.3. The summed E-state index contributed by atoms with van der Waals surface area (Å²) in [5, 5.41) is 7.38. The molecule has 0 bridgehead atoms. The van der Waals surface area contributed by atoms with Crippen molar-refractivity contribution in [3.8, 4) is 0 Å². The van der Waals surface area contributed by atoms with E-state index in [1.54, 1.807) is 5.41 Å². The van der Waals surface area contributed by atoms with Gasteiger partial charge in [-0.15, -0.1) is 0 Å². The Morgan fingerprint density at radius 2 is 1.95 bits per heavy atom. The number of primary sulfonamides is 1.